The molecule has 0 unspecified atom stereocenters. The van der Waals surface area contributed by atoms with Gasteiger partial charge >= 0.3 is 11.7 Å². The van der Waals surface area contributed by atoms with Crippen LogP contribution in [0.3, 0.4) is 0 Å². The van der Waals surface area contributed by atoms with Crippen molar-refractivity contribution in [3.63, 3.8) is 0 Å². The standard InChI is InChI=1S/C29H29N3O6/c1-18(14-28(34)35)20-7-10-23(11-8-20)38-17-19-6-12-24-25(15-19)31(22-4-2-3-5-22)30-29(24)21-9-13-27(33)26(16-21)32(36)37/h6-13,15-16,18,22,33H,2-5,14,17H2,1H3,(H,34,35)/t18-/m0/s1. The Morgan fingerprint density at radius 3 is 2.55 bits per heavy atom. The summed E-state index contributed by atoms with van der Waals surface area (Å²) in [5.41, 5.74) is 3.74. The first-order chi connectivity index (χ1) is 18.3. The molecule has 3 aromatic carbocycles. The minimum absolute atomic E-state index is 0.0778. The van der Waals surface area contributed by atoms with E-state index in [1.807, 2.05) is 48.0 Å². The second kappa shape index (κ2) is 10.5. The summed E-state index contributed by atoms with van der Waals surface area (Å²) in [6.07, 6.45) is 4.40. The van der Waals surface area contributed by atoms with Crippen molar-refractivity contribution in [3.05, 3.63) is 81.9 Å². The van der Waals surface area contributed by atoms with Gasteiger partial charge in [0, 0.05) is 17.0 Å². The van der Waals surface area contributed by atoms with Crippen molar-refractivity contribution >= 4 is 22.6 Å². The summed E-state index contributed by atoms with van der Waals surface area (Å²) in [5.74, 6) is -0.583. The zero-order valence-corrected chi connectivity index (χ0v) is 21.0. The molecule has 0 aliphatic heterocycles. The van der Waals surface area contributed by atoms with E-state index < -0.39 is 10.9 Å². The summed E-state index contributed by atoms with van der Waals surface area (Å²) in [5, 5.41) is 36.1. The van der Waals surface area contributed by atoms with E-state index in [1.165, 1.54) is 12.1 Å². The maximum absolute atomic E-state index is 11.4. The van der Waals surface area contributed by atoms with Gasteiger partial charge in [0.2, 0.25) is 0 Å². The minimum Gasteiger partial charge on any atom is -0.502 e. The number of fused-ring (bicyclic) bond motifs is 1. The second-order valence-electron chi connectivity index (χ2n) is 9.90. The molecule has 1 saturated carbocycles. The number of hydrogen-bond donors (Lipinski definition) is 2. The minimum atomic E-state index is -0.822. The molecule has 1 atom stereocenters. The number of benzene rings is 3. The summed E-state index contributed by atoms with van der Waals surface area (Å²) < 4.78 is 8.06. The van der Waals surface area contributed by atoms with Crippen LogP contribution in [0.5, 0.6) is 11.5 Å². The van der Waals surface area contributed by atoms with Crippen LogP contribution < -0.4 is 4.74 Å². The number of carboxylic acid groups (broad SMARTS) is 1. The third-order valence-corrected chi connectivity index (χ3v) is 7.22. The first kappa shape index (κ1) is 25.3. The molecule has 1 aliphatic carbocycles. The number of aromatic nitrogens is 2. The average Bonchev–Trinajstić information content (AvgIpc) is 3.55. The van der Waals surface area contributed by atoms with Crippen LogP contribution in [0.2, 0.25) is 0 Å². The summed E-state index contributed by atoms with van der Waals surface area (Å²) in [6, 6.07) is 18.1. The van der Waals surface area contributed by atoms with Crippen LogP contribution in [0.1, 0.15) is 62.1 Å². The summed E-state index contributed by atoms with van der Waals surface area (Å²) in [4.78, 5) is 21.8. The topological polar surface area (TPSA) is 128 Å². The molecule has 38 heavy (non-hydrogen) atoms. The van der Waals surface area contributed by atoms with E-state index in [-0.39, 0.29) is 29.8 Å². The highest BCUT2D eigenvalue weighted by molar-refractivity contribution is 5.94. The molecule has 0 amide bonds. The van der Waals surface area contributed by atoms with Crippen LogP contribution in [0.15, 0.2) is 60.7 Å². The normalized spacial score (nSPS) is 14.6. The molecule has 9 nitrogen and oxygen atoms in total. The van der Waals surface area contributed by atoms with Gasteiger partial charge in [0.1, 0.15) is 18.1 Å². The smallest absolute Gasteiger partial charge is 0.311 e. The molecule has 9 heteroatoms. The SMILES string of the molecule is C[C@@H](CC(=O)O)c1ccc(OCc2ccc3c(-c4ccc(O)c([N+](=O)[O-])c4)nn(C4CCCC4)c3c2)cc1. The highest BCUT2D eigenvalue weighted by atomic mass is 16.6. The van der Waals surface area contributed by atoms with Crippen LogP contribution in [0.25, 0.3) is 22.2 Å². The third-order valence-electron chi connectivity index (χ3n) is 7.22. The van der Waals surface area contributed by atoms with Crippen molar-refractivity contribution in [2.24, 2.45) is 0 Å². The quantitative estimate of drug-likeness (QED) is 0.190. The molecule has 0 radical (unpaired) electrons. The average molecular weight is 516 g/mol. The lowest BCUT2D eigenvalue weighted by atomic mass is 9.98. The maximum Gasteiger partial charge on any atom is 0.311 e. The fourth-order valence-corrected chi connectivity index (χ4v) is 5.17. The van der Waals surface area contributed by atoms with Gasteiger partial charge in [-0.15, -0.1) is 0 Å². The predicted octanol–water partition coefficient (Wildman–Crippen LogP) is 6.59. The Balaban J connectivity index is 1.43. The predicted molar refractivity (Wildman–Crippen MR) is 142 cm³/mol. The molecule has 5 rings (SSSR count). The van der Waals surface area contributed by atoms with Crippen LogP contribution >= 0.6 is 0 Å². The molecule has 0 spiro atoms. The number of rotatable bonds is 9. The molecule has 0 saturated heterocycles. The lowest BCUT2D eigenvalue weighted by molar-refractivity contribution is -0.385. The number of nitro benzene ring substituents is 1. The lowest BCUT2D eigenvalue weighted by Crippen LogP contribution is -2.06. The molecule has 4 aromatic rings. The number of nitro groups is 1. The van der Waals surface area contributed by atoms with Crippen LogP contribution in [0.4, 0.5) is 5.69 Å². The van der Waals surface area contributed by atoms with Crippen LogP contribution in [0, 0.1) is 10.1 Å². The van der Waals surface area contributed by atoms with Crippen molar-refractivity contribution in [2.45, 2.75) is 57.6 Å². The summed E-state index contributed by atoms with van der Waals surface area (Å²) >= 11 is 0. The Kier molecular flexibility index (Phi) is 7.00. The van der Waals surface area contributed by atoms with Crippen molar-refractivity contribution in [2.75, 3.05) is 0 Å². The number of ether oxygens (including phenoxy) is 1. The molecule has 0 bridgehead atoms. The van der Waals surface area contributed by atoms with Crippen molar-refractivity contribution in [3.8, 4) is 22.8 Å². The van der Waals surface area contributed by atoms with Gasteiger partial charge in [-0.25, -0.2) is 0 Å². The van der Waals surface area contributed by atoms with E-state index in [0.717, 1.165) is 47.7 Å². The van der Waals surface area contributed by atoms with Crippen LogP contribution in [-0.2, 0) is 11.4 Å². The number of nitrogens with zero attached hydrogens (tertiary/aromatic N) is 3. The van der Waals surface area contributed by atoms with E-state index in [2.05, 4.69) is 6.07 Å². The number of phenols is 1. The Hall–Kier alpha value is -4.40. The van der Waals surface area contributed by atoms with Crippen molar-refractivity contribution in [1.29, 1.82) is 0 Å². The number of aromatic hydroxyl groups is 1. The van der Waals surface area contributed by atoms with E-state index in [9.17, 15) is 20.0 Å². The Morgan fingerprint density at radius 2 is 1.87 bits per heavy atom. The largest absolute Gasteiger partial charge is 0.502 e. The van der Waals surface area contributed by atoms with Gasteiger partial charge in [-0.05, 0) is 60.2 Å². The zero-order valence-electron chi connectivity index (χ0n) is 21.0. The van der Waals surface area contributed by atoms with Gasteiger partial charge < -0.3 is 14.9 Å². The van der Waals surface area contributed by atoms with Gasteiger partial charge in [0.05, 0.1) is 22.9 Å². The monoisotopic (exact) mass is 515 g/mol. The Morgan fingerprint density at radius 1 is 1.13 bits per heavy atom. The number of carbonyl (C=O) groups is 1. The summed E-state index contributed by atoms with van der Waals surface area (Å²) in [7, 11) is 0. The van der Waals surface area contributed by atoms with Gasteiger partial charge in [-0.1, -0.05) is 44.0 Å². The molecule has 1 aliphatic rings. The van der Waals surface area contributed by atoms with Gasteiger partial charge in [0.25, 0.3) is 0 Å². The fourth-order valence-electron chi connectivity index (χ4n) is 5.17. The molecule has 1 aromatic heterocycles. The number of aliphatic carboxylic acids is 1. The molecule has 1 fully saturated rings. The van der Waals surface area contributed by atoms with Crippen molar-refractivity contribution < 1.29 is 24.7 Å². The number of phenolic OH excluding ortho intramolecular Hbond substituents is 1. The highest BCUT2D eigenvalue weighted by Crippen LogP contribution is 2.38. The first-order valence-electron chi connectivity index (χ1n) is 12.7. The molecule has 2 N–H and O–H groups in total. The van der Waals surface area contributed by atoms with Gasteiger partial charge in [-0.2, -0.15) is 5.10 Å². The van der Waals surface area contributed by atoms with Crippen LogP contribution in [-0.4, -0.2) is 30.9 Å². The Bertz CT molecular complexity index is 1490. The van der Waals surface area contributed by atoms with Gasteiger partial charge in [-0.3, -0.25) is 19.6 Å². The highest BCUT2D eigenvalue weighted by Gasteiger charge is 2.24. The van der Waals surface area contributed by atoms with Crippen molar-refractivity contribution in [1.82, 2.24) is 9.78 Å². The Labute approximate surface area is 219 Å². The zero-order chi connectivity index (χ0) is 26.8. The molecule has 1 heterocycles. The lowest BCUT2D eigenvalue weighted by Gasteiger charge is -2.13. The molecular formula is C29H29N3O6. The maximum atomic E-state index is 11.4. The first-order valence-corrected chi connectivity index (χ1v) is 12.7. The number of carboxylic acids is 1. The van der Waals surface area contributed by atoms with E-state index >= 15 is 0 Å². The molecular weight excluding hydrogens is 486 g/mol. The van der Waals surface area contributed by atoms with E-state index in [4.69, 9.17) is 14.9 Å². The second-order valence-corrected chi connectivity index (χ2v) is 9.90. The number of hydrogen-bond acceptors (Lipinski definition) is 6. The fraction of sp³-hybridized carbons (Fsp3) is 0.310. The van der Waals surface area contributed by atoms with E-state index in [1.54, 1.807) is 6.07 Å². The third kappa shape index (κ3) is 5.18. The van der Waals surface area contributed by atoms with E-state index in [0.29, 0.717) is 23.6 Å². The van der Waals surface area contributed by atoms with Gasteiger partial charge in [0.15, 0.2) is 5.75 Å². The summed E-state index contributed by atoms with van der Waals surface area (Å²) in [6.45, 7) is 2.23. The molecule has 196 valence electrons.